The Hall–Kier alpha value is -2.89. The average Bonchev–Trinajstić information content (AvgIpc) is 2.96. The van der Waals surface area contributed by atoms with Gasteiger partial charge in [0.2, 0.25) is 5.91 Å². The lowest BCUT2D eigenvalue weighted by atomic mass is 10.1. The first-order chi connectivity index (χ1) is 12.4. The molecule has 5 nitrogen and oxygen atoms in total. The van der Waals surface area contributed by atoms with Gasteiger partial charge in [0.1, 0.15) is 11.6 Å². The molecule has 0 aliphatic carbocycles. The number of carbonyl (C=O) groups is 2. The van der Waals surface area contributed by atoms with Crippen molar-refractivity contribution in [3.8, 4) is 5.75 Å². The van der Waals surface area contributed by atoms with Gasteiger partial charge in [-0.3, -0.25) is 9.59 Å². The van der Waals surface area contributed by atoms with E-state index in [4.69, 9.17) is 4.74 Å². The van der Waals surface area contributed by atoms with Gasteiger partial charge >= 0.3 is 0 Å². The van der Waals surface area contributed by atoms with E-state index in [0.717, 1.165) is 0 Å². The van der Waals surface area contributed by atoms with E-state index in [1.807, 2.05) is 13.8 Å². The summed E-state index contributed by atoms with van der Waals surface area (Å²) in [5.41, 5.74) is 1.14. The van der Waals surface area contributed by atoms with Crippen LogP contribution in [0.25, 0.3) is 0 Å². The summed E-state index contributed by atoms with van der Waals surface area (Å²) < 4.78 is 18.6. The highest BCUT2D eigenvalue weighted by Crippen LogP contribution is 2.22. The second-order valence-corrected chi connectivity index (χ2v) is 6.55. The maximum absolute atomic E-state index is 13.0. The molecule has 1 aliphatic rings. The molecule has 1 unspecified atom stereocenters. The number of anilines is 1. The number of carbonyl (C=O) groups excluding carboxylic acids is 2. The van der Waals surface area contributed by atoms with Gasteiger partial charge in [0.25, 0.3) is 5.91 Å². The van der Waals surface area contributed by atoms with Crippen molar-refractivity contribution in [2.45, 2.75) is 32.4 Å². The third-order valence-corrected chi connectivity index (χ3v) is 4.09. The second kappa shape index (κ2) is 7.56. The zero-order chi connectivity index (χ0) is 18.7. The van der Waals surface area contributed by atoms with Gasteiger partial charge in [0.15, 0.2) is 0 Å². The van der Waals surface area contributed by atoms with E-state index in [-0.39, 0.29) is 36.2 Å². The molecule has 1 fully saturated rings. The summed E-state index contributed by atoms with van der Waals surface area (Å²) in [6.07, 6.45) is 0.286. The maximum Gasteiger partial charge on any atom is 0.251 e. The summed E-state index contributed by atoms with van der Waals surface area (Å²) in [6.45, 7) is 4.24. The van der Waals surface area contributed by atoms with Crippen molar-refractivity contribution < 1.29 is 18.7 Å². The van der Waals surface area contributed by atoms with Crippen LogP contribution in [0.3, 0.4) is 0 Å². The third kappa shape index (κ3) is 4.20. The van der Waals surface area contributed by atoms with Crippen molar-refractivity contribution in [2.75, 3.05) is 11.4 Å². The van der Waals surface area contributed by atoms with Crippen LogP contribution in [0.15, 0.2) is 48.5 Å². The summed E-state index contributed by atoms with van der Waals surface area (Å²) in [7, 11) is 0. The van der Waals surface area contributed by atoms with Gasteiger partial charge < -0.3 is 15.0 Å². The fraction of sp³-hybridized carbons (Fsp3) is 0.300. The Kier molecular flexibility index (Phi) is 5.21. The van der Waals surface area contributed by atoms with E-state index < -0.39 is 0 Å². The van der Waals surface area contributed by atoms with Gasteiger partial charge in [0.05, 0.1) is 12.1 Å². The number of amides is 2. The molecule has 2 aromatic rings. The minimum absolute atomic E-state index is 0.0663. The Morgan fingerprint density at radius 2 is 1.81 bits per heavy atom. The van der Waals surface area contributed by atoms with Crippen LogP contribution in [-0.2, 0) is 4.79 Å². The van der Waals surface area contributed by atoms with E-state index in [2.05, 4.69) is 5.32 Å². The van der Waals surface area contributed by atoms with Crippen LogP contribution in [-0.4, -0.2) is 30.5 Å². The smallest absolute Gasteiger partial charge is 0.251 e. The quantitative estimate of drug-likeness (QED) is 0.895. The molecule has 6 heteroatoms. The molecule has 1 atom stereocenters. The van der Waals surface area contributed by atoms with Crippen molar-refractivity contribution >= 4 is 17.5 Å². The lowest BCUT2D eigenvalue weighted by molar-refractivity contribution is -0.117. The van der Waals surface area contributed by atoms with Crippen LogP contribution in [0.2, 0.25) is 0 Å². The molecule has 2 amide bonds. The van der Waals surface area contributed by atoms with Crippen LogP contribution < -0.4 is 15.0 Å². The number of halogens is 1. The zero-order valence-corrected chi connectivity index (χ0v) is 14.7. The minimum atomic E-state index is -0.352. The van der Waals surface area contributed by atoms with E-state index in [1.54, 1.807) is 41.3 Å². The zero-order valence-electron chi connectivity index (χ0n) is 14.7. The minimum Gasteiger partial charge on any atom is -0.491 e. The predicted molar refractivity (Wildman–Crippen MR) is 96.8 cm³/mol. The highest BCUT2D eigenvalue weighted by molar-refractivity contribution is 5.99. The van der Waals surface area contributed by atoms with E-state index in [1.165, 1.54) is 12.1 Å². The highest BCUT2D eigenvalue weighted by Gasteiger charge is 2.31. The van der Waals surface area contributed by atoms with Gasteiger partial charge in [-0.25, -0.2) is 4.39 Å². The van der Waals surface area contributed by atoms with Gasteiger partial charge in [-0.2, -0.15) is 0 Å². The first-order valence-electron chi connectivity index (χ1n) is 8.56. The largest absolute Gasteiger partial charge is 0.491 e. The summed E-state index contributed by atoms with van der Waals surface area (Å²) in [5, 5.41) is 2.88. The molecule has 3 rings (SSSR count). The number of ether oxygens (including phenoxy) is 1. The van der Waals surface area contributed by atoms with Crippen LogP contribution in [0.1, 0.15) is 30.6 Å². The Bertz CT molecular complexity index is 788. The Balaban J connectivity index is 1.61. The molecule has 1 N–H and O–H groups in total. The van der Waals surface area contributed by atoms with Crippen LogP contribution in [0.4, 0.5) is 10.1 Å². The normalized spacial score (nSPS) is 16.8. The van der Waals surface area contributed by atoms with Crippen molar-refractivity contribution in [2.24, 2.45) is 0 Å². The fourth-order valence-corrected chi connectivity index (χ4v) is 2.90. The monoisotopic (exact) mass is 356 g/mol. The number of hydrogen-bond acceptors (Lipinski definition) is 3. The molecule has 1 heterocycles. The van der Waals surface area contributed by atoms with Crippen molar-refractivity contribution in [3.05, 3.63) is 59.9 Å². The number of rotatable bonds is 5. The molecule has 1 saturated heterocycles. The van der Waals surface area contributed by atoms with Crippen molar-refractivity contribution in [1.29, 1.82) is 0 Å². The Morgan fingerprint density at radius 3 is 2.42 bits per heavy atom. The Labute approximate surface area is 151 Å². The lowest BCUT2D eigenvalue weighted by Crippen LogP contribution is -2.37. The summed E-state index contributed by atoms with van der Waals surface area (Å²) in [5.74, 6) is 0.0210. The number of nitrogens with one attached hydrogen (secondary N) is 1. The molecule has 2 aromatic carbocycles. The topological polar surface area (TPSA) is 58.6 Å². The Morgan fingerprint density at radius 1 is 1.15 bits per heavy atom. The highest BCUT2D eigenvalue weighted by atomic mass is 19.1. The molecule has 0 radical (unpaired) electrons. The molecular weight excluding hydrogens is 335 g/mol. The molecule has 1 aliphatic heterocycles. The van der Waals surface area contributed by atoms with Gasteiger partial charge in [0, 0.05) is 24.2 Å². The number of nitrogens with zero attached hydrogens (tertiary/aromatic N) is 1. The molecular formula is C20H21FN2O3. The molecule has 0 aromatic heterocycles. The predicted octanol–water partition coefficient (Wildman–Crippen LogP) is 3.15. The summed E-state index contributed by atoms with van der Waals surface area (Å²) in [4.78, 5) is 26.2. The molecule has 136 valence electrons. The van der Waals surface area contributed by atoms with Crippen LogP contribution in [0.5, 0.6) is 5.75 Å². The van der Waals surface area contributed by atoms with Crippen LogP contribution in [0, 0.1) is 5.82 Å². The summed E-state index contributed by atoms with van der Waals surface area (Å²) in [6, 6.07) is 12.4. The SMILES string of the molecule is CC(C)Oc1ccc(C(=O)NC2CC(=O)N(c3ccc(F)cc3)C2)cc1. The van der Waals surface area contributed by atoms with Crippen molar-refractivity contribution in [1.82, 2.24) is 5.32 Å². The first kappa shape index (κ1) is 17.9. The molecule has 26 heavy (non-hydrogen) atoms. The fourth-order valence-electron chi connectivity index (χ4n) is 2.90. The van der Waals surface area contributed by atoms with Gasteiger partial charge in [-0.05, 0) is 62.4 Å². The summed E-state index contributed by atoms with van der Waals surface area (Å²) >= 11 is 0. The van der Waals surface area contributed by atoms with E-state index in [9.17, 15) is 14.0 Å². The molecule has 0 spiro atoms. The number of hydrogen-bond donors (Lipinski definition) is 1. The average molecular weight is 356 g/mol. The lowest BCUT2D eigenvalue weighted by Gasteiger charge is -2.17. The first-order valence-corrected chi connectivity index (χ1v) is 8.56. The standard InChI is InChI=1S/C20H21FN2O3/c1-13(2)26-18-9-3-14(4-10-18)20(25)22-16-11-19(24)23(12-16)17-7-5-15(21)6-8-17/h3-10,13,16H,11-12H2,1-2H3,(H,22,25). The van der Waals surface area contributed by atoms with Crippen LogP contribution >= 0.6 is 0 Å². The van der Waals surface area contributed by atoms with Gasteiger partial charge in [-0.15, -0.1) is 0 Å². The maximum atomic E-state index is 13.0. The molecule has 0 bridgehead atoms. The third-order valence-electron chi connectivity index (χ3n) is 4.09. The van der Waals surface area contributed by atoms with E-state index >= 15 is 0 Å². The second-order valence-electron chi connectivity index (χ2n) is 6.55. The van der Waals surface area contributed by atoms with Crippen molar-refractivity contribution in [3.63, 3.8) is 0 Å². The number of benzene rings is 2. The van der Waals surface area contributed by atoms with E-state index in [0.29, 0.717) is 23.5 Å². The molecule has 0 saturated carbocycles. The van der Waals surface area contributed by atoms with Gasteiger partial charge in [-0.1, -0.05) is 0 Å².